The first-order valence-corrected chi connectivity index (χ1v) is 7.35. The summed E-state index contributed by atoms with van der Waals surface area (Å²) in [6.45, 7) is 2.03. The van der Waals surface area contributed by atoms with Crippen LogP contribution < -0.4 is 10.5 Å². The third kappa shape index (κ3) is 2.20. The molecule has 1 aromatic heterocycles. The van der Waals surface area contributed by atoms with Crippen molar-refractivity contribution in [2.24, 2.45) is 5.73 Å². The van der Waals surface area contributed by atoms with Gasteiger partial charge >= 0.3 is 0 Å². The van der Waals surface area contributed by atoms with Crippen molar-refractivity contribution in [3.63, 3.8) is 0 Å². The first kappa shape index (κ1) is 13.7. The molecule has 5 nitrogen and oxygen atoms in total. The Balaban J connectivity index is 2.22. The van der Waals surface area contributed by atoms with Gasteiger partial charge in [0.1, 0.15) is 11.6 Å². The summed E-state index contributed by atoms with van der Waals surface area (Å²) < 4.78 is 6.46. The van der Waals surface area contributed by atoms with E-state index in [1.807, 2.05) is 31.2 Å². The molecule has 0 radical (unpaired) electrons. The molecule has 2 heterocycles. The number of aromatic nitrogens is 2. The minimum absolute atomic E-state index is 0.118. The molecule has 0 spiro atoms. The Hall–Kier alpha value is -2.26. The fourth-order valence-corrected chi connectivity index (χ4v) is 2.83. The molecule has 1 aromatic carbocycles. The SMILES string of the molecule is CCc1[nH]nc2c1[C@@H](c1ccc(Br)cc1)C(C#N)=C(N)O2. The number of aromatic amines is 1. The minimum Gasteiger partial charge on any atom is -0.420 e. The number of fused-ring (bicyclic) bond motifs is 1. The molecule has 106 valence electrons. The number of nitrogens with two attached hydrogens (primary N) is 1. The molecule has 0 fully saturated rings. The van der Waals surface area contributed by atoms with Crippen LogP contribution in [0.5, 0.6) is 5.88 Å². The number of H-pyrrole nitrogens is 1. The lowest BCUT2D eigenvalue weighted by Crippen LogP contribution is -2.21. The molecule has 6 heteroatoms. The fourth-order valence-electron chi connectivity index (χ4n) is 2.57. The highest BCUT2D eigenvalue weighted by Crippen LogP contribution is 2.42. The molecule has 0 saturated heterocycles. The third-order valence-corrected chi connectivity index (χ3v) is 4.10. The van der Waals surface area contributed by atoms with Crippen LogP contribution in [0.4, 0.5) is 0 Å². The Morgan fingerprint density at radius 1 is 1.43 bits per heavy atom. The summed E-state index contributed by atoms with van der Waals surface area (Å²) in [6.07, 6.45) is 0.775. The minimum atomic E-state index is -0.249. The van der Waals surface area contributed by atoms with Crippen LogP contribution in [0.3, 0.4) is 0 Å². The molecule has 0 unspecified atom stereocenters. The Morgan fingerprint density at radius 2 is 2.14 bits per heavy atom. The molecular weight excluding hydrogens is 332 g/mol. The lowest BCUT2D eigenvalue weighted by Gasteiger charge is -2.23. The van der Waals surface area contributed by atoms with Gasteiger partial charge in [0.05, 0.1) is 5.92 Å². The Morgan fingerprint density at radius 3 is 2.76 bits per heavy atom. The summed E-state index contributed by atoms with van der Waals surface area (Å²) in [5.41, 5.74) is 9.14. The summed E-state index contributed by atoms with van der Waals surface area (Å²) in [5.74, 6) is 0.323. The maximum atomic E-state index is 9.47. The number of hydrogen-bond donors (Lipinski definition) is 2. The maximum absolute atomic E-state index is 9.47. The molecule has 0 amide bonds. The Kier molecular flexibility index (Phi) is 3.43. The topological polar surface area (TPSA) is 87.7 Å². The predicted octanol–water partition coefficient (Wildman–Crippen LogP) is 2.95. The average molecular weight is 345 g/mol. The first-order valence-electron chi connectivity index (χ1n) is 6.55. The van der Waals surface area contributed by atoms with Gasteiger partial charge in [-0.2, -0.15) is 5.26 Å². The highest BCUT2D eigenvalue weighted by atomic mass is 79.9. The van der Waals surface area contributed by atoms with Gasteiger partial charge in [0.25, 0.3) is 0 Å². The van der Waals surface area contributed by atoms with Crippen LogP contribution in [0.2, 0.25) is 0 Å². The second-order valence-electron chi connectivity index (χ2n) is 4.75. The number of hydrogen-bond acceptors (Lipinski definition) is 4. The van der Waals surface area contributed by atoms with Gasteiger partial charge in [-0.25, -0.2) is 0 Å². The van der Waals surface area contributed by atoms with Gasteiger partial charge in [-0.3, -0.25) is 5.10 Å². The number of rotatable bonds is 2. The predicted molar refractivity (Wildman–Crippen MR) is 81.4 cm³/mol. The molecule has 0 saturated carbocycles. The van der Waals surface area contributed by atoms with E-state index in [-0.39, 0.29) is 11.8 Å². The van der Waals surface area contributed by atoms with Crippen LogP contribution in [-0.2, 0) is 6.42 Å². The number of nitrogens with one attached hydrogen (secondary N) is 1. The number of ether oxygens (including phenoxy) is 1. The third-order valence-electron chi connectivity index (χ3n) is 3.57. The molecule has 1 atom stereocenters. The Bertz CT molecular complexity index is 755. The maximum Gasteiger partial charge on any atom is 0.244 e. The molecule has 21 heavy (non-hydrogen) atoms. The van der Waals surface area contributed by atoms with E-state index in [0.29, 0.717) is 11.5 Å². The smallest absolute Gasteiger partial charge is 0.244 e. The van der Waals surface area contributed by atoms with Crippen molar-refractivity contribution in [3.8, 4) is 11.9 Å². The molecule has 3 rings (SSSR count). The monoisotopic (exact) mass is 344 g/mol. The summed E-state index contributed by atoms with van der Waals surface area (Å²) in [6, 6.07) is 10.0. The zero-order valence-corrected chi connectivity index (χ0v) is 12.9. The van der Waals surface area contributed by atoms with E-state index in [0.717, 1.165) is 27.7 Å². The zero-order valence-electron chi connectivity index (χ0n) is 11.4. The van der Waals surface area contributed by atoms with Gasteiger partial charge in [0.2, 0.25) is 11.8 Å². The van der Waals surface area contributed by atoms with E-state index in [4.69, 9.17) is 10.5 Å². The van der Waals surface area contributed by atoms with E-state index < -0.39 is 0 Å². The van der Waals surface area contributed by atoms with Gasteiger partial charge in [0, 0.05) is 15.7 Å². The Labute approximate surface area is 130 Å². The molecule has 1 aliphatic heterocycles. The van der Waals surface area contributed by atoms with E-state index in [1.165, 1.54) is 0 Å². The van der Waals surface area contributed by atoms with Crippen LogP contribution in [0.25, 0.3) is 0 Å². The highest BCUT2D eigenvalue weighted by molar-refractivity contribution is 9.10. The van der Waals surface area contributed by atoms with Gasteiger partial charge in [-0.1, -0.05) is 35.0 Å². The lowest BCUT2D eigenvalue weighted by atomic mass is 9.84. The summed E-state index contributed by atoms with van der Waals surface area (Å²) in [7, 11) is 0. The number of aryl methyl sites for hydroxylation is 1. The molecule has 2 aromatic rings. The standard InChI is InChI=1S/C15H13BrN4O/c1-2-11-13-12(8-3-5-9(16)6-4-8)10(7-17)14(18)21-15(13)20-19-11/h3-6,12H,2,18H2,1H3,(H,19,20)/t12-/m0/s1. The van der Waals surface area contributed by atoms with Crippen LogP contribution in [0.1, 0.15) is 29.7 Å². The van der Waals surface area contributed by atoms with E-state index in [1.54, 1.807) is 0 Å². The first-order chi connectivity index (χ1) is 10.2. The largest absolute Gasteiger partial charge is 0.420 e. The second-order valence-corrected chi connectivity index (χ2v) is 5.67. The zero-order chi connectivity index (χ0) is 15.0. The van der Waals surface area contributed by atoms with Crippen LogP contribution in [0, 0.1) is 11.3 Å². The van der Waals surface area contributed by atoms with Crippen molar-refractivity contribution in [1.29, 1.82) is 5.26 Å². The van der Waals surface area contributed by atoms with Gasteiger partial charge in [-0.05, 0) is 24.1 Å². The van der Waals surface area contributed by atoms with Crippen molar-refractivity contribution in [2.75, 3.05) is 0 Å². The molecule has 3 N–H and O–H groups in total. The average Bonchev–Trinajstić information content (AvgIpc) is 2.89. The quantitative estimate of drug-likeness (QED) is 0.876. The van der Waals surface area contributed by atoms with E-state index in [9.17, 15) is 5.26 Å². The van der Waals surface area contributed by atoms with E-state index >= 15 is 0 Å². The van der Waals surface area contributed by atoms with Crippen molar-refractivity contribution < 1.29 is 4.74 Å². The van der Waals surface area contributed by atoms with Crippen molar-refractivity contribution in [3.05, 3.63) is 57.0 Å². The van der Waals surface area contributed by atoms with Crippen LogP contribution in [0.15, 0.2) is 40.2 Å². The van der Waals surface area contributed by atoms with Crippen molar-refractivity contribution >= 4 is 15.9 Å². The molecule has 0 aliphatic carbocycles. The molecule has 1 aliphatic rings. The van der Waals surface area contributed by atoms with Gasteiger partial charge in [-0.15, -0.1) is 5.10 Å². The van der Waals surface area contributed by atoms with Crippen LogP contribution in [-0.4, -0.2) is 10.2 Å². The molecule has 0 bridgehead atoms. The van der Waals surface area contributed by atoms with Gasteiger partial charge < -0.3 is 10.5 Å². The summed E-state index contributed by atoms with van der Waals surface area (Å²) in [4.78, 5) is 0. The normalized spacial score (nSPS) is 17.1. The lowest BCUT2D eigenvalue weighted by molar-refractivity contribution is 0.378. The highest BCUT2D eigenvalue weighted by Gasteiger charge is 2.34. The summed E-state index contributed by atoms with van der Waals surface area (Å²) in [5, 5.41) is 16.6. The number of halogens is 1. The van der Waals surface area contributed by atoms with Crippen molar-refractivity contribution in [2.45, 2.75) is 19.3 Å². The van der Waals surface area contributed by atoms with Crippen LogP contribution >= 0.6 is 15.9 Å². The number of nitrogens with zero attached hydrogens (tertiary/aromatic N) is 2. The second kappa shape index (κ2) is 5.26. The number of benzene rings is 1. The number of nitriles is 1. The van der Waals surface area contributed by atoms with Gasteiger partial charge in [0.15, 0.2) is 0 Å². The van der Waals surface area contributed by atoms with E-state index in [2.05, 4.69) is 32.2 Å². The molecular formula is C15H13BrN4O. The van der Waals surface area contributed by atoms with Crippen molar-refractivity contribution in [1.82, 2.24) is 10.2 Å². The fraction of sp³-hybridized carbons (Fsp3) is 0.200. The summed E-state index contributed by atoms with van der Waals surface area (Å²) >= 11 is 3.42. The number of allylic oxidation sites excluding steroid dienone is 1.